The van der Waals surface area contributed by atoms with Crippen LogP contribution in [0.2, 0.25) is 0 Å². The molecule has 0 aliphatic carbocycles. The Morgan fingerprint density at radius 2 is 2.30 bits per heavy atom. The number of carboxylic acids is 1. The molecule has 0 amide bonds. The predicted octanol–water partition coefficient (Wildman–Crippen LogP) is 1.40. The van der Waals surface area contributed by atoms with Crippen LogP contribution in [0, 0.1) is 0 Å². The fraction of sp³-hybridized carbons (Fsp3) is 0.571. The summed E-state index contributed by atoms with van der Waals surface area (Å²) in [7, 11) is 0. The monoisotopic (exact) mass is 144 g/mol. The van der Waals surface area contributed by atoms with Crippen molar-refractivity contribution in [1.82, 2.24) is 0 Å². The molecular weight excluding hydrogens is 132 g/mol. The van der Waals surface area contributed by atoms with E-state index in [1.165, 1.54) is 6.08 Å². The van der Waals surface area contributed by atoms with Crippen LogP contribution in [0.1, 0.15) is 20.3 Å². The Labute approximate surface area is 60.3 Å². The van der Waals surface area contributed by atoms with Crippen LogP contribution in [0.5, 0.6) is 0 Å². The Balaban J connectivity index is 3.74. The summed E-state index contributed by atoms with van der Waals surface area (Å²) in [6.07, 6.45) is 2.27. The maximum atomic E-state index is 10.2. The first-order valence-electron chi connectivity index (χ1n) is 3.24. The van der Waals surface area contributed by atoms with Gasteiger partial charge >= 0.3 is 5.97 Å². The van der Waals surface area contributed by atoms with Gasteiger partial charge in [-0.05, 0) is 19.4 Å². The largest absolute Gasteiger partial charge is 0.487 e. The van der Waals surface area contributed by atoms with Crippen LogP contribution in [0.25, 0.3) is 0 Å². The van der Waals surface area contributed by atoms with E-state index in [-0.39, 0.29) is 5.76 Å². The van der Waals surface area contributed by atoms with Crippen molar-refractivity contribution < 1.29 is 14.6 Å². The van der Waals surface area contributed by atoms with Crippen molar-refractivity contribution in [2.45, 2.75) is 20.3 Å². The zero-order chi connectivity index (χ0) is 7.98. The lowest BCUT2D eigenvalue weighted by atomic mass is 10.4. The highest BCUT2D eigenvalue weighted by atomic mass is 16.5. The first-order valence-corrected chi connectivity index (χ1v) is 3.24. The van der Waals surface area contributed by atoms with Gasteiger partial charge in [0.15, 0.2) is 5.76 Å². The zero-order valence-electron chi connectivity index (χ0n) is 6.26. The van der Waals surface area contributed by atoms with Crippen LogP contribution in [-0.2, 0) is 9.53 Å². The van der Waals surface area contributed by atoms with E-state index in [4.69, 9.17) is 9.84 Å². The summed E-state index contributed by atoms with van der Waals surface area (Å²) in [5.74, 6) is -0.974. The Morgan fingerprint density at radius 1 is 1.70 bits per heavy atom. The molecule has 3 heteroatoms. The molecule has 0 spiro atoms. The maximum Gasteiger partial charge on any atom is 0.370 e. The zero-order valence-corrected chi connectivity index (χ0v) is 6.26. The fourth-order valence-corrected chi connectivity index (χ4v) is 0.481. The minimum absolute atomic E-state index is 0.0295. The Kier molecular flexibility index (Phi) is 4.37. The smallest absolute Gasteiger partial charge is 0.370 e. The number of hydrogen-bond donors (Lipinski definition) is 1. The van der Waals surface area contributed by atoms with E-state index in [1.807, 2.05) is 6.92 Å². The number of hydrogen-bond acceptors (Lipinski definition) is 2. The molecule has 0 fully saturated rings. The molecule has 1 N–H and O–H groups in total. The molecule has 0 aromatic rings. The number of allylic oxidation sites excluding steroid dienone is 1. The third kappa shape index (κ3) is 3.12. The van der Waals surface area contributed by atoms with Crippen molar-refractivity contribution in [2.75, 3.05) is 6.61 Å². The van der Waals surface area contributed by atoms with E-state index < -0.39 is 5.97 Å². The van der Waals surface area contributed by atoms with Crippen LogP contribution in [0.3, 0.4) is 0 Å². The fourth-order valence-electron chi connectivity index (χ4n) is 0.481. The molecule has 10 heavy (non-hydrogen) atoms. The summed E-state index contributed by atoms with van der Waals surface area (Å²) < 4.78 is 4.86. The van der Waals surface area contributed by atoms with Gasteiger partial charge in [0.05, 0.1) is 6.61 Å². The Morgan fingerprint density at radius 3 is 2.60 bits per heavy atom. The summed E-state index contributed by atoms with van der Waals surface area (Å²) >= 11 is 0. The highest BCUT2D eigenvalue weighted by Crippen LogP contribution is 1.97. The van der Waals surface area contributed by atoms with E-state index >= 15 is 0 Å². The molecule has 0 atom stereocenters. The van der Waals surface area contributed by atoms with Gasteiger partial charge < -0.3 is 9.84 Å². The van der Waals surface area contributed by atoms with Crippen molar-refractivity contribution in [3.63, 3.8) is 0 Å². The second-order valence-corrected chi connectivity index (χ2v) is 1.81. The normalized spacial score (nSPS) is 11.2. The van der Waals surface area contributed by atoms with Crippen molar-refractivity contribution in [3.05, 3.63) is 11.8 Å². The molecule has 0 saturated carbocycles. The molecule has 0 aromatic heterocycles. The first kappa shape index (κ1) is 9.01. The predicted molar refractivity (Wildman–Crippen MR) is 37.6 cm³/mol. The Hall–Kier alpha value is -0.990. The third-order valence-corrected chi connectivity index (χ3v) is 0.935. The molecule has 0 aliphatic rings. The molecule has 0 radical (unpaired) electrons. The molecular formula is C7H12O3. The lowest BCUT2D eigenvalue weighted by molar-refractivity contribution is -0.136. The minimum Gasteiger partial charge on any atom is -0.487 e. The molecule has 0 bridgehead atoms. The molecule has 0 unspecified atom stereocenters. The topological polar surface area (TPSA) is 46.5 Å². The number of ether oxygens (including phenoxy) is 1. The Bertz CT molecular complexity index is 138. The van der Waals surface area contributed by atoms with Gasteiger partial charge in [0.1, 0.15) is 0 Å². The van der Waals surface area contributed by atoms with Gasteiger partial charge in [-0.3, -0.25) is 0 Å². The molecule has 0 heterocycles. The van der Waals surface area contributed by atoms with E-state index in [9.17, 15) is 4.79 Å². The number of rotatable bonds is 4. The summed E-state index contributed by atoms with van der Waals surface area (Å²) in [4.78, 5) is 10.2. The number of carboxylic acid groups (broad SMARTS) is 1. The van der Waals surface area contributed by atoms with Crippen molar-refractivity contribution >= 4 is 5.97 Å². The van der Waals surface area contributed by atoms with Gasteiger partial charge in [0.2, 0.25) is 0 Å². The van der Waals surface area contributed by atoms with Gasteiger partial charge in [-0.25, -0.2) is 4.79 Å². The molecule has 0 aromatic carbocycles. The van der Waals surface area contributed by atoms with Crippen LogP contribution in [-0.4, -0.2) is 17.7 Å². The van der Waals surface area contributed by atoms with Crippen LogP contribution < -0.4 is 0 Å². The standard InChI is InChI=1S/C7H12O3/c1-3-5-10-6(4-2)7(8)9/h4H,3,5H2,1-2H3,(H,8,9). The van der Waals surface area contributed by atoms with E-state index in [0.29, 0.717) is 6.61 Å². The quantitative estimate of drug-likeness (QED) is 0.479. The van der Waals surface area contributed by atoms with Gasteiger partial charge in [0, 0.05) is 0 Å². The van der Waals surface area contributed by atoms with E-state index in [2.05, 4.69) is 0 Å². The molecule has 0 rings (SSSR count). The van der Waals surface area contributed by atoms with Crippen LogP contribution >= 0.6 is 0 Å². The number of aliphatic carboxylic acids is 1. The second-order valence-electron chi connectivity index (χ2n) is 1.81. The first-order chi connectivity index (χ1) is 4.72. The van der Waals surface area contributed by atoms with Gasteiger partial charge in [-0.2, -0.15) is 0 Å². The molecule has 3 nitrogen and oxygen atoms in total. The average molecular weight is 144 g/mol. The van der Waals surface area contributed by atoms with E-state index in [0.717, 1.165) is 6.42 Å². The lowest BCUT2D eigenvalue weighted by Crippen LogP contribution is -2.04. The third-order valence-electron chi connectivity index (χ3n) is 0.935. The van der Waals surface area contributed by atoms with Crippen LogP contribution in [0.4, 0.5) is 0 Å². The second kappa shape index (κ2) is 4.85. The van der Waals surface area contributed by atoms with Gasteiger partial charge in [0.25, 0.3) is 0 Å². The average Bonchev–Trinajstić information content (AvgIpc) is 1.89. The highest BCUT2D eigenvalue weighted by Gasteiger charge is 2.04. The lowest BCUT2D eigenvalue weighted by Gasteiger charge is -2.02. The van der Waals surface area contributed by atoms with E-state index in [1.54, 1.807) is 6.92 Å². The van der Waals surface area contributed by atoms with Gasteiger partial charge in [-0.15, -0.1) is 0 Å². The van der Waals surface area contributed by atoms with Crippen molar-refractivity contribution in [2.24, 2.45) is 0 Å². The summed E-state index contributed by atoms with van der Waals surface area (Å²) in [6.45, 7) is 4.03. The minimum atomic E-state index is -1.00. The summed E-state index contributed by atoms with van der Waals surface area (Å²) in [5.41, 5.74) is 0. The van der Waals surface area contributed by atoms with Crippen LogP contribution in [0.15, 0.2) is 11.8 Å². The van der Waals surface area contributed by atoms with Gasteiger partial charge in [-0.1, -0.05) is 6.92 Å². The van der Waals surface area contributed by atoms with Crippen molar-refractivity contribution in [1.29, 1.82) is 0 Å². The SMILES string of the molecule is CC=C(OCCC)C(=O)O. The summed E-state index contributed by atoms with van der Waals surface area (Å²) in [5, 5.41) is 8.41. The number of carbonyl (C=O) groups is 1. The molecule has 58 valence electrons. The molecule has 0 saturated heterocycles. The van der Waals surface area contributed by atoms with Crippen molar-refractivity contribution in [3.8, 4) is 0 Å². The summed E-state index contributed by atoms with van der Waals surface area (Å²) in [6, 6.07) is 0. The molecule has 0 aliphatic heterocycles. The maximum absolute atomic E-state index is 10.2. The highest BCUT2D eigenvalue weighted by molar-refractivity contribution is 5.84.